The average Bonchev–Trinajstić information content (AvgIpc) is 3.32. The van der Waals surface area contributed by atoms with Crippen molar-refractivity contribution in [2.24, 2.45) is 0 Å². The van der Waals surface area contributed by atoms with Crippen molar-refractivity contribution in [3.8, 4) is 17.2 Å². The Morgan fingerprint density at radius 3 is 2.34 bits per heavy atom. The number of piperidine rings is 1. The molecule has 0 aliphatic carbocycles. The van der Waals surface area contributed by atoms with Crippen LogP contribution in [0.2, 0.25) is 0 Å². The molecule has 5 rings (SSSR count). The van der Waals surface area contributed by atoms with Gasteiger partial charge in [0.15, 0.2) is 0 Å². The van der Waals surface area contributed by atoms with Crippen LogP contribution in [-0.4, -0.2) is 42.7 Å². The number of rotatable bonds is 3. The number of aromatic nitrogens is 1. The van der Waals surface area contributed by atoms with E-state index in [2.05, 4.69) is 54.2 Å². The van der Waals surface area contributed by atoms with Gasteiger partial charge in [0.25, 0.3) is 5.91 Å². The van der Waals surface area contributed by atoms with Crippen molar-refractivity contribution in [3.05, 3.63) is 71.0 Å². The van der Waals surface area contributed by atoms with Crippen molar-refractivity contribution in [1.29, 1.82) is 0 Å². The standard InChI is InChI=1S/C26H29N3O3/c1-17-7-8-22-24(18(17)2)29-11-5-6-23(29)26(27-22)9-12-28(13-10-26)25(30)19-14-20(31-3)16-21(15-19)32-4/h5-8,11,14-16,27H,9-10,12-13H2,1-4H3. The summed E-state index contributed by atoms with van der Waals surface area (Å²) in [5.74, 6) is 1.25. The molecular formula is C26H29N3O3. The molecule has 1 amide bonds. The zero-order valence-corrected chi connectivity index (χ0v) is 19.1. The Morgan fingerprint density at radius 2 is 1.69 bits per heavy atom. The normalized spacial score (nSPS) is 16.2. The van der Waals surface area contributed by atoms with Gasteiger partial charge in [-0.15, -0.1) is 0 Å². The van der Waals surface area contributed by atoms with E-state index in [1.165, 1.54) is 22.5 Å². The minimum Gasteiger partial charge on any atom is -0.497 e. The van der Waals surface area contributed by atoms with Gasteiger partial charge in [-0.3, -0.25) is 4.79 Å². The fraction of sp³-hybridized carbons (Fsp3) is 0.346. The Labute approximate surface area is 188 Å². The summed E-state index contributed by atoms with van der Waals surface area (Å²) in [7, 11) is 3.19. The molecule has 6 nitrogen and oxygen atoms in total. The predicted octanol–water partition coefficient (Wildman–Crippen LogP) is 4.67. The van der Waals surface area contributed by atoms with Crippen molar-refractivity contribution >= 4 is 11.6 Å². The molecule has 3 aromatic rings. The molecule has 0 atom stereocenters. The van der Waals surface area contributed by atoms with Crippen LogP contribution in [-0.2, 0) is 5.54 Å². The molecule has 1 N–H and O–H groups in total. The molecule has 1 saturated heterocycles. The highest BCUT2D eigenvalue weighted by atomic mass is 16.5. The smallest absolute Gasteiger partial charge is 0.254 e. The summed E-state index contributed by atoms with van der Waals surface area (Å²) in [5.41, 5.74) is 6.66. The molecule has 0 radical (unpaired) electrons. The van der Waals surface area contributed by atoms with Gasteiger partial charge in [-0.05, 0) is 68.1 Å². The van der Waals surface area contributed by atoms with Crippen LogP contribution in [0.25, 0.3) is 5.69 Å². The number of fused-ring (bicyclic) bond motifs is 4. The lowest BCUT2D eigenvalue weighted by Gasteiger charge is -2.46. The summed E-state index contributed by atoms with van der Waals surface area (Å²) >= 11 is 0. The monoisotopic (exact) mass is 431 g/mol. The maximum Gasteiger partial charge on any atom is 0.254 e. The molecule has 2 aliphatic rings. The number of amides is 1. The van der Waals surface area contributed by atoms with Crippen LogP contribution >= 0.6 is 0 Å². The third-order valence-electron chi connectivity index (χ3n) is 7.06. The number of methoxy groups -OCH3 is 2. The van der Waals surface area contributed by atoms with Crippen LogP contribution in [0, 0.1) is 13.8 Å². The molecule has 0 saturated carbocycles. The first-order chi connectivity index (χ1) is 15.5. The van der Waals surface area contributed by atoms with Gasteiger partial charge >= 0.3 is 0 Å². The number of benzene rings is 2. The Kier molecular flexibility index (Phi) is 4.88. The maximum absolute atomic E-state index is 13.3. The summed E-state index contributed by atoms with van der Waals surface area (Å²) in [5, 5.41) is 3.86. The highest BCUT2D eigenvalue weighted by Crippen LogP contribution is 2.45. The van der Waals surface area contributed by atoms with Gasteiger partial charge in [-0.2, -0.15) is 0 Å². The second kappa shape index (κ2) is 7.62. The molecule has 6 heteroatoms. The fourth-order valence-corrected chi connectivity index (χ4v) is 5.09. The predicted molar refractivity (Wildman–Crippen MR) is 125 cm³/mol. The van der Waals surface area contributed by atoms with Gasteiger partial charge in [0.2, 0.25) is 0 Å². The van der Waals surface area contributed by atoms with Crippen molar-refractivity contribution in [2.75, 3.05) is 32.6 Å². The van der Waals surface area contributed by atoms with E-state index in [9.17, 15) is 4.79 Å². The van der Waals surface area contributed by atoms with Crippen molar-refractivity contribution in [1.82, 2.24) is 9.47 Å². The van der Waals surface area contributed by atoms with Crippen LogP contribution in [0.3, 0.4) is 0 Å². The number of hydrogen-bond donors (Lipinski definition) is 1. The van der Waals surface area contributed by atoms with Crippen LogP contribution < -0.4 is 14.8 Å². The first-order valence-electron chi connectivity index (χ1n) is 11.0. The summed E-state index contributed by atoms with van der Waals surface area (Å²) < 4.78 is 13.0. The first kappa shape index (κ1) is 20.5. The van der Waals surface area contributed by atoms with Crippen LogP contribution in [0.1, 0.15) is 40.0 Å². The number of ether oxygens (including phenoxy) is 2. The van der Waals surface area contributed by atoms with Crippen molar-refractivity contribution in [2.45, 2.75) is 32.2 Å². The average molecular weight is 432 g/mol. The lowest BCUT2D eigenvalue weighted by atomic mass is 9.81. The number of likely N-dealkylation sites (tertiary alicyclic amines) is 1. The summed E-state index contributed by atoms with van der Waals surface area (Å²) in [6.45, 7) is 5.69. The second-order valence-corrected chi connectivity index (χ2v) is 8.77. The van der Waals surface area contributed by atoms with Crippen molar-refractivity contribution < 1.29 is 14.3 Å². The topological polar surface area (TPSA) is 55.7 Å². The van der Waals surface area contributed by atoms with Crippen LogP contribution in [0.15, 0.2) is 48.7 Å². The Morgan fingerprint density at radius 1 is 1.00 bits per heavy atom. The molecule has 1 aromatic heterocycles. The van der Waals surface area contributed by atoms with E-state index in [1.54, 1.807) is 32.4 Å². The minimum atomic E-state index is -0.180. The third kappa shape index (κ3) is 3.13. The van der Waals surface area contributed by atoms with Gasteiger partial charge in [0.1, 0.15) is 11.5 Å². The number of carbonyl (C=O) groups excluding carboxylic acids is 1. The van der Waals surface area contributed by atoms with Gasteiger partial charge in [-0.1, -0.05) is 6.07 Å². The molecule has 1 fully saturated rings. The van der Waals surface area contributed by atoms with Crippen LogP contribution in [0.4, 0.5) is 5.69 Å². The number of nitrogens with zero attached hydrogens (tertiary/aromatic N) is 2. The molecule has 166 valence electrons. The van der Waals surface area contributed by atoms with Crippen LogP contribution in [0.5, 0.6) is 11.5 Å². The van der Waals surface area contributed by atoms with E-state index in [0.717, 1.165) is 18.5 Å². The van der Waals surface area contributed by atoms with Crippen molar-refractivity contribution in [3.63, 3.8) is 0 Å². The highest BCUT2D eigenvalue weighted by Gasteiger charge is 2.42. The highest BCUT2D eigenvalue weighted by molar-refractivity contribution is 5.95. The zero-order valence-electron chi connectivity index (χ0n) is 19.1. The van der Waals surface area contributed by atoms with E-state index in [-0.39, 0.29) is 11.4 Å². The Balaban J connectivity index is 1.41. The largest absolute Gasteiger partial charge is 0.497 e. The molecule has 2 aliphatic heterocycles. The second-order valence-electron chi connectivity index (χ2n) is 8.77. The lowest BCUT2D eigenvalue weighted by Crippen LogP contribution is -2.51. The van der Waals surface area contributed by atoms with Gasteiger partial charge in [0.05, 0.1) is 31.1 Å². The number of carbonyl (C=O) groups is 1. The quantitative estimate of drug-likeness (QED) is 0.655. The van der Waals surface area contributed by atoms with Gasteiger partial charge in [-0.25, -0.2) is 0 Å². The SMILES string of the molecule is COc1cc(OC)cc(C(=O)N2CCC3(CC2)Nc2ccc(C)c(C)c2-n2cccc23)c1. The first-order valence-corrected chi connectivity index (χ1v) is 11.0. The number of aryl methyl sites for hydroxylation is 1. The van der Waals surface area contributed by atoms with E-state index in [4.69, 9.17) is 9.47 Å². The summed E-state index contributed by atoms with van der Waals surface area (Å²) in [4.78, 5) is 15.2. The van der Waals surface area contributed by atoms with E-state index in [0.29, 0.717) is 30.2 Å². The number of nitrogens with one attached hydrogen (secondary N) is 1. The Hall–Kier alpha value is -3.41. The number of hydrogen-bond acceptors (Lipinski definition) is 4. The summed E-state index contributed by atoms with van der Waals surface area (Å²) in [6.07, 6.45) is 3.84. The zero-order chi connectivity index (χ0) is 22.5. The van der Waals surface area contributed by atoms with E-state index in [1.807, 2.05) is 4.90 Å². The minimum absolute atomic E-state index is 0.00936. The van der Waals surface area contributed by atoms with Gasteiger partial charge < -0.3 is 24.3 Å². The van der Waals surface area contributed by atoms with E-state index >= 15 is 0 Å². The molecule has 2 aromatic carbocycles. The molecule has 3 heterocycles. The molecule has 1 spiro atoms. The molecular weight excluding hydrogens is 402 g/mol. The third-order valence-corrected chi connectivity index (χ3v) is 7.06. The molecule has 32 heavy (non-hydrogen) atoms. The summed E-state index contributed by atoms with van der Waals surface area (Å²) in [6, 6.07) is 14.0. The molecule has 0 unspecified atom stereocenters. The molecule has 0 bridgehead atoms. The Bertz CT molecular complexity index is 1170. The van der Waals surface area contributed by atoms with Gasteiger partial charge in [0, 0.05) is 36.6 Å². The maximum atomic E-state index is 13.3. The lowest BCUT2D eigenvalue weighted by molar-refractivity contribution is 0.0675. The number of anilines is 1. The van der Waals surface area contributed by atoms with E-state index < -0.39 is 0 Å². The fourth-order valence-electron chi connectivity index (χ4n) is 5.09.